The minimum atomic E-state index is -0.796. The molecule has 0 fully saturated rings. The van der Waals surface area contributed by atoms with Gasteiger partial charge >= 0.3 is 0 Å². The van der Waals surface area contributed by atoms with E-state index in [2.05, 4.69) is 6.58 Å². The number of rotatable bonds is 5. The van der Waals surface area contributed by atoms with Gasteiger partial charge in [0, 0.05) is 0 Å². The number of hydrogen-bond donors (Lipinski definition) is 1. The summed E-state index contributed by atoms with van der Waals surface area (Å²) in [6, 6.07) is 0. The number of carbonyl (C=O) groups excluding carboxylic acids is 3. The molecule has 5 heteroatoms. The average Bonchev–Trinajstić information content (AvgIpc) is 1.99. The molecule has 0 unspecified atom stereocenters. The first-order valence-corrected chi connectivity index (χ1v) is 4.00. The van der Waals surface area contributed by atoms with E-state index in [-0.39, 0.29) is 24.7 Å². The number of Topliss-reactive ketones (excluding diaryl/α,β-unsaturated/α-hetero) is 2. The van der Waals surface area contributed by atoms with Gasteiger partial charge in [0.2, 0.25) is 0 Å². The molecule has 0 spiro atoms. The number of nitrogens with zero attached hydrogens (tertiary/aromatic N) is 1. The number of carbonyl (C=O) groups is 3. The molecular formula is C9H13NO4. The van der Waals surface area contributed by atoms with Crippen molar-refractivity contribution in [3.05, 3.63) is 12.3 Å². The van der Waals surface area contributed by atoms with Crippen LogP contribution in [0.3, 0.4) is 0 Å². The van der Waals surface area contributed by atoms with E-state index < -0.39 is 11.7 Å². The van der Waals surface area contributed by atoms with Crippen molar-refractivity contribution < 1.29 is 19.5 Å². The van der Waals surface area contributed by atoms with Crippen LogP contribution in [-0.2, 0) is 14.4 Å². The second-order valence-corrected chi connectivity index (χ2v) is 3.01. The summed E-state index contributed by atoms with van der Waals surface area (Å²) in [6.45, 7) is 5.22. The van der Waals surface area contributed by atoms with Crippen molar-refractivity contribution in [1.82, 2.24) is 4.90 Å². The van der Waals surface area contributed by atoms with Crippen LogP contribution in [0.2, 0.25) is 0 Å². The van der Waals surface area contributed by atoms with Crippen LogP contribution < -0.4 is 0 Å². The SMILES string of the molecule is C=C(O)C(=O)N(CC(C)=O)CC(C)=O. The van der Waals surface area contributed by atoms with Crippen LogP contribution in [0.5, 0.6) is 0 Å². The summed E-state index contributed by atoms with van der Waals surface area (Å²) < 4.78 is 0. The van der Waals surface area contributed by atoms with Crippen molar-refractivity contribution in [2.75, 3.05) is 13.1 Å². The van der Waals surface area contributed by atoms with Crippen LogP contribution in [0.15, 0.2) is 12.3 Å². The Hall–Kier alpha value is -1.65. The summed E-state index contributed by atoms with van der Waals surface area (Å²) in [5, 5.41) is 8.81. The molecule has 0 saturated carbocycles. The number of aliphatic hydroxyl groups excluding tert-OH is 1. The Morgan fingerprint density at radius 2 is 1.50 bits per heavy atom. The number of aliphatic hydroxyl groups is 1. The summed E-state index contributed by atoms with van der Waals surface area (Å²) in [5.41, 5.74) is 0. The molecule has 14 heavy (non-hydrogen) atoms. The van der Waals surface area contributed by atoms with Gasteiger partial charge in [0.25, 0.3) is 5.91 Å². The zero-order valence-corrected chi connectivity index (χ0v) is 8.24. The van der Waals surface area contributed by atoms with E-state index in [0.717, 1.165) is 4.90 Å². The van der Waals surface area contributed by atoms with Gasteiger partial charge in [-0.05, 0) is 13.8 Å². The molecule has 0 aliphatic carbocycles. The van der Waals surface area contributed by atoms with Crippen molar-refractivity contribution in [2.45, 2.75) is 13.8 Å². The summed E-state index contributed by atoms with van der Waals surface area (Å²) >= 11 is 0. The topological polar surface area (TPSA) is 74.7 Å². The summed E-state index contributed by atoms with van der Waals surface area (Å²) in [6.07, 6.45) is 0. The average molecular weight is 199 g/mol. The second-order valence-electron chi connectivity index (χ2n) is 3.01. The zero-order chi connectivity index (χ0) is 11.3. The van der Waals surface area contributed by atoms with E-state index >= 15 is 0 Å². The van der Waals surface area contributed by atoms with Gasteiger partial charge in [0.1, 0.15) is 11.6 Å². The van der Waals surface area contributed by atoms with Crippen LogP contribution in [0.4, 0.5) is 0 Å². The molecule has 0 heterocycles. The van der Waals surface area contributed by atoms with Crippen LogP contribution in [-0.4, -0.2) is 40.6 Å². The first kappa shape index (κ1) is 12.3. The maximum absolute atomic E-state index is 11.2. The molecular weight excluding hydrogens is 186 g/mol. The summed E-state index contributed by atoms with van der Waals surface area (Å²) in [4.78, 5) is 33.6. The van der Waals surface area contributed by atoms with Gasteiger partial charge in [0.15, 0.2) is 5.76 Å². The van der Waals surface area contributed by atoms with Gasteiger partial charge in [-0.3, -0.25) is 14.4 Å². The molecule has 0 aromatic heterocycles. The lowest BCUT2D eigenvalue weighted by atomic mass is 10.3. The van der Waals surface area contributed by atoms with Gasteiger partial charge in [-0.25, -0.2) is 0 Å². The summed E-state index contributed by atoms with van der Waals surface area (Å²) in [7, 11) is 0. The maximum Gasteiger partial charge on any atom is 0.288 e. The molecule has 0 bridgehead atoms. The predicted molar refractivity (Wildman–Crippen MR) is 49.7 cm³/mol. The standard InChI is InChI=1S/C9H13NO4/c1-6(11)4-10(5-7(2)12)9(14)8(3)13/h13H,3-5H2,1-2H3. The summed E-state index contributed by atoms with van der Waals surface area (Å²) in [5.74, 6) is -2.00. The van der Waals surface area contributed by atoms with Crippen LogP contribution >= 0.6 is 0 Å². The van der Waals surface area contributed by atoms with Gasteiger partial charge in [0.05, 0.1) is 13.1 Å². The van der Waals surface area contributed by atoms with E-state index in [4.69, 9.17) is 5.11 Å². The van der Waals surface area contributed by atoms with Crippen LogP contribution in [0.25, 0.3) is 0 Å². The van der Waals surface area contributed by atoms with Gasteiger partial charge in [-0.15, -0.1) is 0 Å². The van der Waals surface area contributed by atoms with E-state index in [9.17, 15) is 14.4 Å². The van der Waals surface area contributed by atoms with Crippen molar-refractivity contribution in [1.29, 1.82) is 0 Å². The minimum Gasteiger partial charge on any atom is -0.503 e. The number of amides is 1. The van der Waals surface area contributed by atoms with Crippen molar-refractivity contribution in [2.24, 2.45) is 0 Å². The van der Waals surface area contributed by atoms with E-state index in [1.807, 2.05) is 0 Å². The fourth-order valence-corrected chi connectivity index (χ4v) is 0.920. The molecule has 0 radical (unpaired) electrons. The molecule has 5 nitrogen and oxygen atoms in total. The van der Waals surface area contributed by atoms with Crippen molar-refractivity contribution >= 4 is 17.5 Å². The third kappa shape index (κ3) is 4.39. The quantitative estimate of drug-likeness (QED) is 0.502. The fourth-order valence-electron chi connectivity index (χ4n) is 0.920. The molecule has 0 aliphatic rings. The molecule has 0 atom stereocenters. The highest BCUT2D eigenvalue weighted by atomic mass is 16.3. The van der Waals surface area contributed by atoms with Gasteiger partial charge in [-0.1, -0.05) is 6.58 Å². The lowest BCUT2D eigenvalue weighted by molar-refractivity contribution is -0.136. The highest BCUT2D eigenvalue weighted by Crippen LogP contribution is 1.97. The van der Waals surface area contributed by atoms with E-state index in [1.54, 1.807) is 0 Å². The molecule has 0 aromatic carbocycles. The predicted octanol–water partition coefficient (Wildman–Crippen LogP) is 0.0647. The highest BCUT2D eigenvalue weighted by molar-refractivity contribution is 5.96. The lowest BCUT2D eigenvalue weighted by Gasteiger charge is -2.18. The molecule has 0 rings (SSSR count). The monoisotopic (exact) mass is 199 g/mol. The first-order valence-electron chi connectivity index (χ1n) is 4.00. The van der Waals surface area contributed by atoms with Crippen LogP contribution in [0, 0.1) is 0 Å². The molecule has 0 aliphatic heterocycles. The minimum absolute atomic E-state index is 0.196. The number of hydrogen-bond acceptors (Lipinski definition) is 4. The fraction of sp³-hybridized carbons (Fsp3) is 0.444. The Balaban J connectivity index is 4.54. The van der Waals surface area contributed by atoms with Crippen molar-refractivity contribution in [3.63, 3.8) is 0 Å². The second kappa shape index (κ2) is 5.16. The molecule has 1 amide bonds. The smallest absolute Gasteiger partial charge is 0.288 e. The Labute approximate surface area is 82.0 Å². The highest BCUT2D eigenvalue weighted by Gasteiger charge is 2.18. The third-order valence-electron chi connectivity index (χ3n) is 1.36. The lowest BCUT2D eigenvalue weighted by Crippen LogP contribution is -2.38. The largest absolute Gasteiger partial charge is 0.503 e. The molecule has 0 aromatic rings. The van der Waals surface area contributed by atoms with Gasteiger partial charge in [-0.2, -0.15) is 0 Å². The van der Waals surface area contributed by atoms with E-state index in [0.29, 0.717) is 0 Å². The molecule has 78 valence electrons. The Morgan fingerprint density at radius 1 is 1.14 bits per heavy atom. The normalized spacial score (nSPS) is 9.29. The van der Waals surface area contributed by atoms with Crippen molar-refractivity contribution in [3.8, 4) is 0 Å². The molecule has 1 N–H and O–H groups in total. The van der Waals surface area contributed by atoms with E-state index in [1.165, 1.54) is 13.8 Å². The number of ketones is 2. The zero-order valence-electron chi connectivity index (χ0n) is 8.24. The van der Waals surface area contributed by atoms with Crippen LogP contribution in [0.1, 0.15) is 13.8 Å². The van der Waals surface area contributed by atoms with Gasteiger partial charge < -0.3 is 10.0 Å². The Kier molecular flexibility index (Phi) is 4.55. The molecule has 0 saturated heterocycles. The Bertz CT molecular complexity index is 267. The maximum atomic E-state index is 11.2. The third-order valence-corrected chi connectivity index (χ3v) is 1.36. The Morgan fingerprint density at radius 3 is 1.71 bits per heavy atom. The first-order chi connectivity index (χ1) is 6.34.